The van der Waals surface area contributed by atoms with Gasteiger partial charge in [-0.15, -0.1) is 11.3 Å². The maximum Gasteiger partial charge on any atom is 0.263 e. The van der Waals surface area contributed by atoms with E-state index in [1.807, 2.05) is 0 Å². The molecule has 1 amide bonds. The van der Waals surface area contributed by atoms with E-state index < -0.39 is 10.0 Å². The first-order valence-electron chi connectivity index (χ1n) is 8.55. The smallest absolute Gasteiger partial charge is 0.263 e. The summed E-state index contributed by atoms with van der Waals surface area (Å²) in [6.45, 7) is 0. The summed E-state index contributed by atoms with van der Waals surface area (Å²) >= 11 is 6.88. The second kappa shape index (κ2) is 9.33. The van der Waals surface area contributed by atoms with Gasteiger partial charge in [-0.25, -0.2) is 13.4 Å². The van der Waals surface area contributed by atoms with Crippen LogP contribution in [0.3, 0.4) is 0 Å². The first-order chi connectivity index (χ1) is 14.3. The van der Waals surface area contributed by atoms with Gasteiger partial charge in [0.05, 0.1) is 31.2 Å². The number of nitrogens with zero attached hydrogens (tertiary/aromatic N) is 1. The van der Waals surface area contributed by atoms with Gasteiger partial charge in [0.15, 0.2) is 5.13 Å². The number of methoxy groups -OCH3 is 2. The Hall–Kier alpha value is -2.82. The van der Waals surface area contributed by atoms with Crippen molar-refractivity contribution in [2.45, 2.75) is 11.3 Å². The minimum atomic E-state index is -3.80. The van der Waals surface area contributed by atoms with E-state index in [1.165, 1.54) is 38.5 Å². The predicted molar refractivity (Wildman–Crippen MR) is 116 cm³/mol. The van der Waals surface area contributed by atoms with Crippen molar-refractivity contribution in [1.82, 2.24) is 4.98 Å². The molecule has 30 heavy (non-hydrogen) atoms. The standard InChI is InChI=1S/C19H18ClN3O5S2/c1-27-15-7-13(8-16(10-15)28-2)21-18(24)9-14-11-29-19(22-14)23-30(25,26)17-5-3-12(20)4-6-17/h3-8,10-11H,9H2,1-2H3,(H,21,24)(H,22,23). The third-order valence-corrected chi connectivity index (χ3v) is 6.42. The maximum atomic E-state index is 12.4. The first kappa shape index (κ1) is 21.9. The molecule has 2 N–H and O–H groups in total. The van der Waals surface area contributed by atoms with Crippen LogP contribution in [0.15, 0.2) is 52.7 Å². The molecule has 0 saturated carbocycles. The molecule has 0 aliphatic heterocycles. The first-order valence-corrected chi connectivity index (χ1v) is 11.3. The highest BCUT2D eigenvalue weighted by molar-refractivity contribution is 7.93. The maximum absolute atomic E-state index is 12.4. The number of amides is 1. The second-order valence-corrected chi connectivity index (χ2v) is 9.01. The highest BCUT2D eigenvalue weighted by Gasteiger charge is 2.17. The summed E-state index contributed by atoms with van der Waals surface area (Å²) in [4.78, 5) is 16.6. The van der Waals surface area contributed by atoms with Crippen molar-refractivity contribution in [3.63, 3.8) is 0 Å². The van der Waals surface area contributed by atoms with Gasteiger partial charge in [0, 0.05) is 34.3 Å². The zero-order valence-electron chi connectivity index (χ0n) is 16.0. The van der Waals surface area contributed by atoms with Crippen LogP contribution in [0.5, 0.6) is 11.5 Å². The van der Waals surface area contributed by atoms with Crippen LogP contribution in [0.2, 0.25) is 5.02 Å². The molecular weight excluding hydrogens is 450 g/mol. The molecule has 8 nitrogen and oxygen atoms in total. The molecule has 1 heterocycles. The molecule has 0 fully saturated rings. The average molecular weight is 468 g/mol. The number of carbonyl (C=O) groups excluding carboxylic acids is 1. The SMILES string of the molecule is COc1cc(NC(=O)Cc2csc(NS(=O)(=O)c3ccc(Cl)cc3)n2)cc(OC)c1. The van der Waals surface area contributed by atoms with Gasteiger partial charge >= 0.3 is 0 Å². The summed E-state index contributed by atoms with van der Waals surface area (Å²) in [6.07, 6.45) is -0.0291. The van der Waals surface area contributed by atoms with Crippen LogP contribution in [-0.4, -0.2) is 33.5 Å². The van der Waals surface area contributed by atoms with E-state index in [2.05, 4.69) is 15.0 Å². The van der Waals surface area contributed by atoms with Gasteiger partial charge in [-0.3, -0.25) is 9.52 Å². The van der Waals surface area contributed by atoms with Crippen LogP contribution in [0.1, 0.15) is 5.69 Å². The lowest BCUT2D eigenvalue weighted by atomic mass is 10.2. The highest BCUT2D eigenvalue weighted by atomic mass is 35.5. The molecule has 158 valence electrons. The molecular formula is C19H18ClN3O5S2. The molecule has 0 radical (unpaired) electrons. The van der Waals surface area contributed by atoms with Crippen molar-refractivity contribution < 1.29 is 22.7 Å². The zero-order valence-corrected chi connectivity index (χ0v) is 18.4. The number of thiazole rings is 1. The molecule has 1 aromatic heterocycles. The van der Waals surface area contributed by atoms with Crippen LogP contribution in [0, 0.1) is 0 Å². The molecule has 0 spiro atoms. The quantitative estimate of drug-likeness (QED) is 0.522. The summed E-state index contributed by atoms with van der Waals surface area (Å²) in [6, 6.07) is 10.8. The molecule has 0 unspecified atom stereocenters. The number of benzene rings is 2. The fraction of sp³-hybridized carbons (Fsp3) is 0.158. The van der Waals surface area contributed by atoms with Crippen molar-refractivity contribution in [1.29, 1.82) is 0 Å². The third-order valence-electron chi connectivity index (χ3n) is 3.87. The zero-order chi connectivity index (χ0) is 21.7. The summed E-state index contributed by atoms with van der Waals surface area (Å²) in [5.74, 6) is 0.761. The minimum absolute atomic E-state index is 0.0291. The monoisotopic (exact) mass is 467 g/mol. The van der Waals surface area contributed by atoms with Gasteiger partial charge in [-0.05, 0) is 24.3 Å². The van der Waals surface area contributed by atoms with E-state index in [-0.39, 0.29) is 22.4 Å². The fourth-order valence-electron chi connectivity index (χ4n) is 2.47. The number of hydrogen-bond donors (Lipinski definition) is 2. The summed E-state index contributed by atoms with van der Waals surface area (Å²) < 4.78 is 37.6. The van der Waals surface area contributed by atoms with Gasteiger partial charge in [-0.1, -0.05) is 11.6 Å². The third kappa shape index (κ3) is 5.62. The lowest BCUT2D eigenvalue weighted by Gasteiger charge is -2.09. The van der Waals surface area contributed by atoms with E-state index in [0.717, 1.165) is 11.3 Å². The van der Waals surface area contributed by atoms with E-state index in [9.17, 15) is 13.2 Å². The van der Waals surface area contributed by atoms with Gasteiger partial charge < -0.3 is 14.8 Å². The lowest BCUT2D eigenvalue weighted by Crippen LogP contribution is -2.15. The number of aromatic nitrogens is 1. The molecule has 3 aromatic rings. The molecule has 0 bridgehead atoms. The van der Waals surface area contributed by atoms with E-state index in [4.69, 9.17) is 21.1 Å². The van der Waals surface area contributed by atoms with E-state index in [1.54, 1.807) is 23.6 Å². The van der Waals surface area contributed by atoms with E-state index in [0.29, 0.717) is 27.9 Å². The van der Waals surface area contributed by atoms with Crippen LogP contribution >= 0.6 is 22.9 Å². The van der Waals surface area contributed by atoms with Crippen LogP contribution in [0.4, 0.5) is 10.8 Å². The topological polar surface area (TPSA) is 107 Å². The number of hydrogen-bond acceptors (Lipinski definition) is 7. The second-order valence-electron chi connectivity index (χ2n) is 6.03. The Balaban J connectivity index is 1.65. The van der Waals surface area contributed by atoms with Gasteiger partial charge in [0.1, 0.15) is 11.5 Å². The van der Waals surface area contributed by atoms with Gasteiger partial charge in [0.25, 0.3) is 10.0 Å². The molecule has 0 saturated heterocycles. The average Bonchev–Trinajstić information content (AvgIpc) is 3.13. The number of nitrogens with one attached hydrogen (secondary N) is 2. The summed E-state index contributed by atoms with van der Waals surface area (Å²) in [5, 5.41) is 4.96. The largest absolute Gasteiger partial charge is 0.497 e. The molecule has 0 atom stereocenters. The van der Waals surface area contributed by atoms with Crippen molar-refractivity contribution in [2.24, 2.45) is 0 Å². The van der Waals surface area contributed by atoms with Crippen molar-refractivity contribution >= 4 is 49.7 Å². The number of sulfonamides is 1. The Morgan fingerprint density at radius 2 is 1.73 bits per heavy atom. The Morgan fingerprint density at radius 3 is 2.33 bits per heavy atom. The van der Waals surface area contributed by atoms with Gasteiger partial charge in [-0.2, -0.15) is 0 Å². The number of rotatable bonds is 8. The molecule has 2 aromatic carbocycles. The highest BCUT2D eigenvalue weighted by Crippen LogP contribution is 2.26. The summed E-state index contributed by atoms with van der Waals surface area (Å²) in [7, 11) is -0.766. The van der Waals surface area contributed by atoms with Crippen molar-refractivity contribution in [2.75, 3.05) is 24.3 Å². The predicted octanol–water partition coefficient (Wildman–Crippen LogP) is 3.80. The summed E-state index contributed by atoms with van der Waals surface area (Å²) in [5.41, 5.74) is 0.941. The van der Waals surface area contributed by atoms with Gasteiger partial charge in [0.2, 0.25) is 5.91 Å². The normalized spacial score (nSPS) is 11.0. The molecule has 11 heteroatoms. The fourth-order valence-corrected chi connectivity index (χ4v) is 4.56. The lowest BCUT2D eigenvalue weighted by molar-refractivity contribution is -0.115. The number of carbonyl (C=O) groups is 1. The number of anilines is 2. The van der Waals surface area contributed by atoms with Crippen molar-refractivity contribution in [3.8, 4) is 11.5 Å². The van der Waals surface area contributed by atoms with Crippen LogP contribution < -0.4 is 19.5 Å². The van der Waals surface area contributed by atoms with Crippen molar-refractivity contribution in [3.05, 3.63) is 58.6 Å². The Morgan fingerprint density at radius 1 is 1.10 bits per heavy atom. The minimum Gasteiger partial charge on any atom is -0.497 e. The molecule has 0 aliphatic rings. The Kier molecular flexibility index (Phi) is 6.80. The Labute approximate surface area is 182 Å². The molecule has 0 aliphatic carbocycles. The van der Waals surface area contributed by atoms with Crippen LogP contribution in [0.25, 0.3) is 0 Å². The molecule has 3 rings (SSSR count). The van der Waals surface area contributed by atoms with Crippen LogP contribution in [-0.2, 0) is 21.2 Å². The van der Waals surface area contributed by atoms with E-state index >= 15 is 0 Å². The number of ether oxygens (including phenoxy) is 2. The number of halogens is 1. The Bertz CT molecular complexity index is 1120.